The molecular weight excluding hydrogens is 266 g/mol. The van der Waals surface area contributed by atoms with Gasteiger partial charge in [-0.15, -0.1) is 11.8 Å². The van der Waals surface area contributed by atoms with Gasteiger partial charge < -0.3 is 5.32 Å². The van der Waals surface area contributed by atoms with Crippen molar-refractivity contribution in [1.82, 2.24) is 9.97 Å². The Morgan fingerprint density at radius 2 is 2.06 bits per heavy atom. The van der Waals surface area contributed by atoms with Crippen LogP contribution in [0.2, 0.25) is 5.02 Å². The van der Waals surface area contributed by atoms with Crippen molar-refractivity contribution in [2.75, 3.05) is 12.4 Å². The molecule has 0 radical (unpaired) electrons. The summed E-state index contributed by atoms with van der Waals surface area (Å²) in [5.74, 6) is 1.45. The number of nitrogens with zero attached hydrogens (tertiary/aromatic N) is 2. The molecule has 1 heterocycles. The zero-order valence-corrected chi connectivity index (χ0v) is 11.8. The summed E-state index contributed by atoms with van der Waals surface area (Å²) in [5.41, 5.74) is 2.07. The van der Waals surface area contributed by atoms with Crippen LogP contribution in [0.15, 0.2) is 35.4 Å². The Balaban J connectivity index is 2.11. The Morgan fingerprint density at radius 3 is 2.78 bits per heavy atom. The first kappa shape index (κ1) is 13.2. The van der Waals surface area contributed by atoms with Gasteiger partial charge >= 0.3 is 0 Å². The van der Waals surface area contributed by atoms with E-state index in [1.54, 1.807) is 11.8 Å². The predicted octanol–water partition coefficient (Wildman–Crippen LogP) is 3.77. The highest BCUT2D eigenvalue weighted by Gasteiger charge is 2.04. The molecule has 0 saturated heterocycles. The van der Waals surface area contributed by atoms with Gasteiger partial charge in [0.15, 0.2) is 0 Å². The van der Waals surface area contributed by atoms with Gasteiger partial charge in [-0.25, -0.2) is 9.97 Å². The van der Waals surface area contributed by atoms with Gasteiger partial charge in [0.1, 0.15) is 5.03 Å². The van der Waals surface area contributed by atoms with E-state index < -0.39 is 0 Å². The first-order chi connectivity index (χ1) is 8.69. The standard InChI is InChI=1S/C13H14ClN3S/c1-9-7-12(17-13(15-2)16-9)18-8-10-5-3-4-6-11(10)14/h3-7H,8H2,1-2H3,(H,15,16,17). The van der Waals surface area contributed by atoms with Crippen LogP contribution in [-0.2, 0) is 5.75 Å². The average Bonchev–Trinajstić information content (AvgIpc) is 2.37. The molecule has 0 saturated carbocycles. The largest absolute Gasteiger partial charge is 0.357 e. The molecule has 1 aromatic heterocycles. The molecule has 2 aromatic rings. The molecule has 0 amide bonds. The van der Waals surface area contributed by atoms with Crippen molar-refractivity contribution in [2.24, 2.45) is 0 Å². The molecule has 18 heavy (non-hydrogen) atoms. The molecule has 0 fully saturated rings. The SMILES string of the molecule is CNc1nc(C)cc(SCc2ccccc2Cl)n1. The summed E-state index contributed by atoms with van der Waals surface area (Å²) < 4.78 is 0. The molecule has 94 valence electrons. The fraction of sp³-hybridized carbons (Fsp3) is 0.231. The highest BCUT2D eigenvalue weighted by atomic mass is 35.5. The minimum absolute atomic E-state index is 0.650. The number of aromatic nitrogens is 2. The Labute approximate surface area is 116 Å². The lowest BCUT2D eigenvalue weighted by Gasteiger charge is -2.06. The van der Waals surface area contributed by atoms with Gasteiger partial charge in [0.25, 0.3) is 0 Å². The fourth-order valence-corrected chi connectivity index (χ4v) is 2.73. The van der Waals surface area contributed by atoms with Gasteiger partial charge in [-0.2, -0.15) is 0 Å². The van der Waals surface area contributed by atoms with E-state index in [1.807, 2.05) is 44.3 Å². The van der Waals surface area contributed by atoms with Gasteiger partial charge in [-0.05, 0) is 24.6 Å². The molecule has 0 unspecified atom stereocenters. The third-order valence-electron chi connectivity index (χ3n) is 2.39. The molecule has 0 atom stereocenters. The number of benzene rings is 1. The average molecular weight is 280 g/mol. The molecule has 0 aliphatic heterocycles. The van der Waals surface area contributed by atoms with Crippen LogP contribution in [0.25, 0.3) is 0 Å². The number of anilines is 1. The lowest BCUT2D eigenvalue weighted by atomic mass is 10.2. The third kappa shape index (κ3) is 3.37. The van der Waals surface area contributed by atoms with Gasteiger partial charge in [-0.1, -0.05) is 29.8 Å². The van der Waals surface area contributed by atoms with Gasteiger partial charge in [0.2, 0.25) is 5.95 Å². The van der Waals surface area contributed by atoms with E-state index in [-0.39, 0.29) is 0 Å². The molecule has 5 heteroatoms. The number of aryl methyl sites for hydroxylation is 1. The van der Waals surface area contributed by atoms with Crippen LogP contribution >= 0.6 is 23.4 Å². The normalized spacial score (nSPS) is 10.4. The number of halogens is 1. The second-order valence-corrected chi connectivity index (χ2v) is 5.20. The van der Waals surface area contributed by atoms with Crippen molar-refractivity contribution in [3.63, 3.8) is 0 Å². The summed E-state index contributed by atoms with van der Waals surface area (Å²) in [4.78, 5) is 8.66. The number of hydrogen-bond donors (Lipinski definition) is 1. The Kier molecular flexibility index (Phi) is 4.44. The van der Waals surface area contributed by atoms with Crippen LogP contribution in [0.1, 0.15) is 11.3 Å². The Hall–Kier alpha value is -1.26. The van der Waals surface area contributed by atoms with Gasteiger partial charge in [0.05, 0.1) is 0 Å². The lowest BCUT2D eigenvalue weighted by molar-refractivity contribution is 1.01. The maximum absolute atomic E-state index is 6.12. The Morgan fingerprint density at radius 1 is 1.28 bits per heavy atom. The minimum Gasteiger partial charge on any atom is -0.357 e. The first-order valence-electron chi connectivity index (χ1n) is 5.58. The fourth-order valence-electron chi connectivity index (χ4n) is 1.49. The number of nitrogens with one attached hydrogen (secondary N) is 1. The summed E-state index contributed by atoms with van der Waals surface area (Å²) in [6, 6.07) is 9.84. The minimum atomic E-state index is 0.650. The third-order valence-corrected chi connectivity index (χ3v) is 3.72. The van der Waals surface area contributed by atoms with Crippen molar-refractivity contribution in [1.29, 1.82) is 0 Å². The summed E-state index contributed by atoms with van der Waals surface area (Å²) in [6.07, 6.45) is 0. The van der Waals surface area contributed by atoms with Crippen LogP contribution in [0.3, 0.4) is 0 Å². The second-order valence-electron chi connectivity index (χ2n) is 3.80. The van der Waals surface area contributed by atoms with E-state index in [1.165, 1.54) is 0 Å². The number of hydrogen-bond acceptors (Lipinski definition) is 4. The second kappa shape index (κ2) is 6.07. The van der Waals surface area contributed by atoms with Crippen molar-refractivity contribution >= 4 is 29.3 Å². The van der Waals surface area contributed by atoms with Gasteiger partial charge in [0, 0.05) is 23.5 Å². The van der Waals surface area contributed by atoms with E-state index in [0.29, 0.717) is 5.95 Å². The highest BCUT2D eigenvalue weighted by molar-refractivity contribution is 7.98. The molecule has 3 nitrogen and oxygen atoms in total. The quantitative estimate of drug-likeness (QED) is 0.683. The molecule has 2 rings (SSSR count). The van der Waals surface area contributed by atoms with E-state index in [0.717, 1.165) is 27.1 Å². The molecule has 1 N–H and O–H groups in total. The molecule has 1 aromatic carbocycles. The van der Waals surface area contributed by atoms with E-state index in [2.05, 4.69) is 15.3 Å². The summed E-state index contributed by atoms with van der Waals surface area (Å²) >= 11 is 7.78. The van der Waals surface area contributed by atoms with Crippen molar-refractivity contribution in [3.8, 4) is 0 Å². The van der Waals surface area contributed by atoms with Crippen molar-refractivity contribution < 1.29 is 0 Å². The smallest absolute Gasteiger partial charge is 0.223 e. The summed E-state index contributed by atoms with van der Waals surface area (Å²) in [7, 11) is 1.82. The number of rotatable bonds is 4. The molecular formula is C13H14ClN3S. The molecule has 0 aliphatic rings. The zero-order valence-electron chi connectivity index (χ0n) is 10.3. The van der Waals surface area contributed by atoms with Crippen molar-refractivity contribution in [3.05, 3.63) is 46.6 Å². The molecule has 0 bridgehead atoms. The number of thioether (sulfide) groups is 1. The molecule has 0 aliphatic carbocycles. The lowest BCUT2D eigenvalue weighted by Crippen LogP contribution is -1.98. The van der Waals surface area contributed by atoms with Crippen LogP contribution in [0, 0.1) is 6.92 Å². The summed E-state index contributed by atoms with van der Waals surface area (Å²) in [6.45, 7) is 1.96. The maximum Gasteiger partial charge on any atom is 0.223 e. The predicted molar refractivity (Wildman–Crippen MR) is 77.3 cm³/mol. The van der Waals surface area contributed by atoms with Crippen LogP contribution < -0.4 is 5.32 Å². The van der Waals surface area contributed by atoms with E-state index >= 15 is 0 Å². The van der Waals surface area contributed by atoms with E-state index in [9.17, 15) is 0 Å². The maximum atomic E-state index is 6.12. The zero-order chi connectivity index (χ0) is 13.0. The van der Waals surface area contributed by atoms with Crippen LogP contribution in [-0.4, -0.2) is 17.0 Å². The monoisotopic (exact) mass is 279 g/mol. The first-order valence-corrected chi connectivity index (χ1v) is 6.95. The van der Waals surface area contributed by atoms with E-state index in [4.69, 9.17) is 11.6 Å². The molecule has 0 spiro atoms. The topological polar surface area (TPSA) is 37.8 Å². The Bertz CT molecular complexity index is 546. The van der Waals surface area contributed by atoms with Crippen LogP contribution in [0.4, 0.5) is 5.95 Å². The summed E-state index contributed by atoms with van der Waals surface area (Å²) in [5, 5.41) is 4.70. The van der Waals surface area contributed by atoms with Crippen LogP contribution in [0.5, 0.6) is 0 Å². The van der Waals surface area contributed by atoms with Crippen molar-refractivity contribution in [2.45, 2.75) is 17.7 Å². The highest BCUT2D eigenvalue weighted by Crippen LogP contribution is 2.26. The van der Waals surface area contributed by atoms with Gasteiger partial charge in [-0.3, -0.25) is 0 Å².